The number of amides is 1. The maximum Gasteiger partial charge on any atom is 0.336 e. The summed E-state index contributed by atoms with van der Waals surface area (Å²) in [6.45, 7) is 7.54. The van der Waals surface area contributed by atoms with Gasteiger partial charge < -0.3 is 9.15 Å². The number of benzene rings is 2. The van der Waals surface area contributed by atoms with Gasteiger partial charge in [-0.1, -0.05) is 12.1 Å². The SMILES string of the molecule is C/C(=N/NC(=O)COc1ccc2c(C)cc(=O)oc2c1)c1ccc(C)c(C)c1. The number of ether oxygens (including phenoxy) is 1. The molecule has 0 spiro atoms. The maximum atomic E-state index is 12.0. The summed E-state index contributed by atoms with van der Waals surface area (Å²) in [7, 11) is 0. The number of nitrogens with one attached hydrogen (secondary N) is 1. The van der Waals surface area contributed by atoms with Gasteiger partial charge in [-0.05, 0) is 68.1 Å². The van der Waals surface area contributed by atoms with Crippen LogP contribution in [-0.4, -0.2) is 18.2 Å². The zero-order valence-corrected chi connectivity index (χ0v) is 16.3. The third kappa shape index (κ3) is 4.46. The Morgan fingerprint density at radius 2 is 1.82 bits per heavy atom. The van der Waals surface area contributed by atoms with E-state index in [0.717, 1.165) is 16.5 Å². The lowest BCUT2D eigenvalue weighted by atomic mass is 10.0. The molecule has 0 bridgehead atoms. The van der Waals surface area contributed by atoms with Gasteiger partial charge in [-0.25, -0.2) is 10.2 Å². The van der Waals surface area contributed by atoms with E-state index in [2.05, 4.69) is 10.5 Å². The highest BCUT2D eigenvalue weighted by molar-refractivity contribution is 5.99. The summed E-state index contributed by atoms with van der Waals surface area (Å²) < 4.78 is 10.7. The number of hydrogen-bond donors (Lipinski definition) is 1. The van der Waals surface area contributed by atoms with Crippen LogP contribution in [0.4, 0.5) is 0 Å². The van der Waals surface area contributed by atoms with Crippen LogP contribution in [0.15, 0.2) is 56.8 Å². The molecule has 3 aromatic rings. The van der Waals surface area contributed by atoms with Crippen LogP contribution in [-0.2, 0) is 4.79 Å². The summed E-state index contributed by atoms with van der Waals surface area (Å²) in [5.74, 6) is 0.0558. The molecule has 1 heterocycles. The highest BCUT2D eigenvalue weighted by Crippen LogP contribution is 2.22. The number of fused-ring (bicyclic) bond motifs is 1. The van der Waals surface area contributed by atoms with E-state index in [1.54, 1.807) is 18.2 Å². The van der Waals surface area contributed by atoms with E-state index in [9.17, 15) is 9.59 Å². The summed E-state index contributed by atoms with van der Waals surface area (Å²) in [6.07, 6.45) is 0. The monoisotopic (exact) mass is 378 g/mol. The first-order valence-corrected chi connectivity index (χ1v) is 8.91. The molecule has 28 heavy (non-hydrogen) atoms. The molecule has 1 amide bonds. The second-order valence-electron chi connectivity index (χ2n) is 6.73. The Bertz CT molecular complexity index is 1130. The third-order valence-electron chi connectivity index (χ3n) is 4.57. The van der Waals surface area contributed by atoms with Crippen molar-refractivity contribution in [1.82, 2.24) is 5.43 Å². The molecule has 6 nitrogen and oxygen atoms in total. The number of hydrogen-bond acceptors (Lipinski definition) is 5. The summed E-state index contributed by atoms with van der Waals surface area (Å²) in [5, 5.41) is 4.95. The molecule has 0 aliphatic rings. The molecule has 0 atom stereocenters. The molecule has 0 aliphatic heterocycles. The normalized spacial score (nSPS) is 11.5. The van der Waals surface area contributed by atoms with Crippen molar-refractivity contribution < 1.29 is 13.9 Å². The van der Waals surface area contributed by atoms with E-state index in [-0.39, 0.29) is 12.5 Å². The molecule has 6 heteroatoms. The van der Waals surface area contributed by atoms with Crippen LogP contribution in [0.1, 0.15) is 29.2 Å². The van der Waals surface area contributed by atoms with Crippen LogP contribution in [0.25, 0.3) is 11.0 Å². The van der Waals surface area contributed by atoms with E-state index in [4.69, 9.17) is 9.15 Å². The first-order chi connectivity index (χ1) is 13.3. The molecule has 0 fully saturated rings. The van der Waals surface area contributed by atoms with Gasteiger partial charge in [0.25, 0.3) is 5.91 Å². The number of carbonyl (C=O) groups excluding carboxylic acids is 1. The molecular weight excluding hydrogens is 356 g/mol. The summed E-state index contributed by atoms with van der Waals surface area (Å²) in [6, 6.07) is 12.6. The first kappa shape index (κ1) is 19.4. The molecule has 3 rings (SSSR count). The summed E-state index contributed by atoms with van der Waals surface area (Å²) in [5.41, 5.74) is 7.35. The highest BCUT2D eigenvalue weighted by Gasteiger charge is 2.07. The fourth-order valence-electron chi connectivity index (χ4n) is 2.75. The van der Waals surface area contributed by atoms with Gasteiger partial charge in [0.1, 0.15) is 11.3 Å². The van der Waals surface area contributed by atoms with Crippen molar-refractivity contribution in [2.45, 2.75) is 27.7 Å². The van der Waals surface area contributed by atoms with Gasteiger partial charge >= 0.3 is 5.63 Å². The molecular formula is C22H22N2O4. The Balaban J connectivity index is 1.63. The topological polar surface area (TPSA) is 80.9 Å². The third-order valence-corrected chi connectivity index (χ3v) is 4.57. The van der Waals surface area contributed by atoms with Gasteiger partial charge in [-0.2, -0.15) is 5.10 Å². The van der Waals surface area contributed by atoms with Crippen LogP contribution in [0, 0.1) is 20.8 Å². The smallest absolute Gasteiger partial charge is 0.336 e. The Morgan fingerprint density at radius 1 is 1.04 bits per heavy atom. The second-order valence-corrected chi connectivity index (χ2v) is 6.73. The minimum atomic E-state index is -0.420. The van der Waals surface area contributed by atoms with Crippen molar-refractivity contribution >= 4 is 22.6 Å². The van der Waals surface area contributed by atoms with Crippen molar-refractivity contribution in [2.24, 2.45) is 5.10 Å². The molecule has 0 unspecified atom stereocenters. The van der Waals surface area contributed by atoms with Gasteiger partial charge in [0.05, 0.1) is 5.71 Å². The predicted octanol–water partition coefficient (Wildman–Crippen LogP) is 3.64. The van der Waals surface area contributed by atoms with E-state index in [1.807, 2.05) is 45.9 Å². The second kappa shape index (κ2) is 8.08. The first-order valence-electron chi connectivity index (χ1n) is 8.91. The standard InChI is InChI=1S/C22H22N2O4/c1-13-5-6-17(9-14(13)2)16(4)23-24-21(25)12-27-18-7-8-19-15(3)10-22(26)28-20(19)11-18/h5-11H,12H2,1-4H3,(H,24,25)/b23-16-. The lowest BCUT2D eigenvalue weighted by molar-refractivity contribution is -0.123. The number of carbonyl (C=O) groups is 1. The number of aryl methyl sites for hydroxylation is 3. The lowest BCUT2D eigenvalue weighted by Crippen LogP contribution is -2.25. The average Bonchev–Trinajstić information content (AvgIpc) is 2.66. The van der Waals surface area contributed by atoms with Crippen molar-refractivity contribution in [2.75, 3.05) is 6.61 Å². The molecule has 1 N–H and O–H groups in total. The highest BCUT2D eigenvalue weighted by atomic mass is 16.5. The molecule has 0 radical (unpaired) electrons. The van der Waals surface area contributed by atoms with Crippen LogP contribution in [0.5, 0.6) is 5.75 Å². The Hall–Kier alpha value is -3.41. The fraction of sp³-hybridized carbons (Fsp3) is 0.227. The van der Waals surface area contributed by atoms with E-state index < -0.39 is 5.63 Å². The van der Waals surface area contributed by atoms with Crippen molar-refractivity contribution in [1.29, 1.82) is 0 Å². The van der Waals surface area contributed by atoms with E-state index >= 15 is 0 Å². The Morgan fingerprint density at radius 3 is 2.57 bits per heavy atom. The van der Waals surface area contributed by atoms with Crippen LogP contribution < -0.4 is 15.8 Å². The van der Waals surface area contributed by atoms with Crippen LogP contribution >= 0.6 is 0 Å². The van der Waals surface area contributed by atoms with Gasteiger partial charge in [-0.3, -0.25) is 4.79 Å². The summed E-state index contributed by atoms with van der Waals surface area (Å²) in [4.78, 5) is 23.5. The number of hydrazone groups is 1. The Kier molecular flexibility index (Phi) is 5.59. The van der Waals surface area contributed by atoms with Gasteiger partial charge in [-0.15, -0.1) is 0 Å². The Labute approximate surface area is 162 Å². The lowest BCUT2D eigenvalue weighted by Gasteiger charge is -2.08. The van der Waals surface area contributed by atoms with E-state index in [0.29, 0.717) is 17.0 Å². The number of rotatable bonds is 5. The van der Waals surface area contributed by atoms with Gasteiger partial charge in [0.2, 0.25) is 0 Å². The molecule has 0 saturated carbocycles. The largest absolute Gasteiger partial charge is 0.484 e. The van der Waals surface area contributed by atoms with Gasteiger partial charge in [0, 0.05) is 17.5 Å². The minimum Gasteiger partial charge on any atom is -0.484 e. The van der Waals surface area contributed by atoms with Crippen LogP contribution in [0.3, 0.4) is 0 Å². The van der Waals surface area contributed by atoms with Crippen molar-refractivity contribution in [3.05, 3.63) is 75.1 Å². The molecule has 0 saturated heterocycles. The predicted molar refractivity (Wildman–Crippen MR) is 109 cm³/mol. The maximum absolute atomic E-state index is 12.0. The molecule has 144 valence electrons. The van der Waals surface area contributed by atoms with Crippen molar-refractivity contribution in [3.63, 3.8) is 0 Å². The molecule has 2 aromatic carbocycles. The van der Waals surface area contributed by atoms with E-state index in [1.165, 1.54) is 17.2 Å². The zero-order chi connectivity index (χ0) is 20.3. The summed E-state index contributed by atoms with van der Waals surface area (Å²) >= 11 is 0. The molecule has 1 aromatic heterocycles. The quantitative estimate of drug-likeness (QED) is 0.418. The number of nitrogens with zero attached hydrogens (tertiary/aromatic N) is 1. The zero-order valence-electron chi connectivity index (χ0n) is 16.3. The minimum absolute atomic E-state index is 0.203. The van der Waals surface area contributed by atoms with Crippen LogP contribution in [0.2, 0.25) is 0 Å². The molecule has 0 aliphatic carbocycles. The average molecular weight is 378 g/mol. The fourth-order valence-corrected chi connectivity index (χ4v) is 2.75. The van der Waals surface area contributed by atoms with Gasteiger partial charge in [0.15, 0.2) is 6.61 Å². The van der Waals surface area contributed by atoms with Crippen molar-refractivity contribution in [3.8, 4) is 5.75 Å².